The molecule has 3 atom stereocenters. The molecule has 0 aromatic heterocycles. The van der Waals surface area contributed by atoms with E-state index in [0.717, 1.165) is 32.5 Å². The van der Waals surface area contributed by atoms with Gasteiger partial charge in [-0.25, -0.2) is 8.42 Å². The lowest BCUT2D eigenvalue weighted by Crippen LogP contribution is -2.59. The molecule has 5 heteroatoms. The lowest BCUT2D eigenvalue weighted by Gasteiger charge is -2.48. The summed E-state index contributed by atoms with van der Waals surface area (Å²) in [6.45, 7) is 6.47. The van der Waals surface area contributed by atoms with E-state index < -0.39 is 9.84 Å². The van der Waals surface area contributed by atoms with E-state index >= 15 is 0 Å². The molecule has 0 amide bonds. The average molecular weight is 286 g/mol. The highest BCUT2D eigenvalue weighted by Crippen LogP contribution is 2.27. The molecule has 3 saturated heterocycles. The van der Waals surface area contributed by atoms with Crippen LogP contribution in [0.1, 0.15) is 39.0 Å². The maximum atomic E-state index is 12.0. The van der Waals surface area contributed by atoms with Crippen molar-refractivity contribution in [3.63, 3.8) is 0 Å². The Balaban J connectivity index is 1.64. The van der Waals surface area contributed by atoms with E-state index in [1.165, 1.54) is 25.8 Å². The smallest absolute Gasteiger partial charge is 0.154 e. The fourth-order valence-corrected chi connectivity index (χ4v) is 5.84. The van der Waals surface area contributed by atoms with Crippen molar-refractivity contribution >= 4 is 9.84 Å². The van der Waals surface area contributed by atoms with Gasteiger partial charge in [0.15, 0.2) is 9.84 Å². The molecule has 0 bridgehead atoms. The Hall–Kier alpha value is -0.130. The highest BCUT2D eigenvalue weighted by molar-refractivity contribution is 7.92. The highest BCUT2D eigenvalue weighted by atomic mass is 32.2. The third-order valence-electron chi connectivity index (χ3n) is 5.22. The van der Waals surface area contributed by atoms with Crippen LogP contribution in [0.25, 0.3) is 0 Å². The quantitative estimate of drug-likeness (QED) is 0.763. The zero-order chi connectivity index (χ0) is 13.5. The van der Waals surface area contributed by atoms with Crippen LogP contribution in [0, 0.1) is 0 Å². The zero-order valence-electron chi connectivity index (χ0n) is 11.9. The second-order valence-corrected chi connectivity index (χ2v) is 8.98. The molecule has 3 unspecified atom stereocenters. The summed E-state index contributed by atoms with van der Waals surface area (Å²) in [4.78, 5) is 5.06. The highest BCUT2D eigenvalue weighted by Gasteiger charge is 2.38. The molecule has 4 nitrogen and oxygen atoms in total. The Morgan fingerprint density at radius 2 is 1.95 bits per heavy atom. The third kappa shape index (κ3) is 2.83. The summed E-state index contributed by atoms with van der Waals surface area (Å²) >= 11 is 0. The van der Waals surface area contributed by atoms with Crippen molar-refractivity contribution in [2.45, 2.75) is 56.4 Å². The first-order chi connectivity index (χ1) is 9.06. The average Bonchev–Trinajstić information content (AvgIpc) is 2.70. The summed E-state index contributed by atoms with van der Waals surface area (Å²) in [7, 11) is -2.79. The largest absolute Gasteiger partial charge is 0.298 e. The number of rotatable bonds is 2. The minimum atomic E-state index is -2.79. The molecule has 0 N–H and O–H groups in total. The number of nitrogens with zero attached hydrogens (tertiary/aromatic N) is 2. The summed E-state index contributed by atoms with van der Waals surface area (Å²) in [5.41, 5.74) is 0. The molecular formula is C14H26N2O2S. The van der Waals surface area contributed by atoms with Crippen LogP contribution in [0.4, 0.5) is 0 Å². The first kappa shape index (κ1) is 13.8. The Bertz CT molecular complexity index is 423. The molecule has 3 aliphatic heterocycles. The number of piperazine rings is 1. The van der Waals surface area contributed by atoms with Crippen molar-refractivity contribution in [2.24, 2.45) is 0 Å². The molecule has 0 aliphatic carbocycles. The maximum Gasteiger partial charge on any atom is 0.154 e. The number of hydrogen-bond donors (Lipinski definition) is 0. The van der Waals surface area contributed by atoms with E-state index in [-0.39, 0.29) is 5.25 Å². The van der Waals surface area contributed by atoms with Gasteiger partial charge in [-0.15, -0.1) is 0 Å². The van der Waals surface area contributed by atoms with Crippen LogP contribution in [-0.2, 0) is 9.84 Å². The van der Waals surface area contributed by atoms with Crippen LogP contribution in [0.3, 0.4) is 0 Å². The van der Waals surface area contributed by atoms with Crippen molar-refractivity contribution in [1.29, 1.82) is 0 Å². The van der Waals surface area contributed by atoms with Crippen molar-refractivity contribution in [2.75, 3.05) is 31.9 Å². The predicted molar refractivity (Wildman–Crippen MR) is 77.1 cm³/mol. The second-order valence-electron chi connectivity index (χ2n) is 6.58. The molecule has 0 saturated carbocycles. The van der Waals surface area contributed by atoms with E-state index in [1.807, 2.05) is 0 Å². The van der Waals surface area contributed by atoms with Crippen LogP contribution in [-0.4, -0.2) is 67.5 Å². The van der Waals surface area contributed by atoms with Gasteiger partial charge in [0.2, 0.25) is 0 Å². The lowest BCUT2D eigenvalue weighted by molar-refractivity contribution is 0.0154. The predicted octanol–water partition coefficient (Wildman–Crippen LogP) is 1.12. The molecule has 0 spiro atoms. The van der Waals surface area contributed by atoms with Crippen LogP contribution >= 0.6 is 0 Å². The van der Waals surface area contributed by atoms with Crippen molar-refractivity contribution in [3.05, 3.63) is 0 Å². The Labute approximate surface area is 117 Å². The van der Waals surface area contributed by atoms with E-state index in [9.17, 15) is 8.42 Å². The number of piperidine rings is 1. The maximum absolute atomic E-state index is 12.0. The molecule has 110 valence electrons. The van der Waals surface area contributed by atoms with Crippen molar-refractivity contribution in [3.8, 4) is 0 Å². The molecule has 19 heavy (non-hydrogen) atoms. The summed E-state index contributed by atoms with van der Waals surface area (Å²) in [5.74, 6) is 0.412. The molecule has 3 rings (SSSR count). The summed E-state index contributed by atoms with van der Waals surface area (Å²) in [5, 5.41) is -0.0925. The van der Waals surface area contributed by atoms with Gasteiger partial charge in [0.1, 0.15) is 0 Å². The molecule has 3 heterocycles. The van der Waals surface area contributed by atoms with Crippen LogP contribution in [0.5, 0.6) is 0 Å². The summed E-state index contributed by atoms with van der Waals surface area (Å²) < 4.78 is 24.0. The Morgan fingerprint density at radius 3 is 2.68 bits per heavy atom. The molecule has 3 aliphatic rings. The van der Waals surface area contributed by atoms with Gasteiger partial charge >= 0.3 is 0 Å². The molecule has 0 aromatic carbocycles. The Kier molecular flexibility index (Phi) is 3.89. The molecular weight excluding hydrogens is 260 g/mol. The number of sulfone groups is 1. The zero-order valence-corrected chi connectivity index (χ0v) is 12.7. The van der Waals surface area contributed by atoms with E-state index in [0.29, 0.717) is 17.8 Å². The van der Waals surface area contributed by atoms with Gasteiger partial charge in [-0.1, -0.05) is 6.42 Å². The van der Waals surface area contributed by atoms with Gasteiger partial charge < -0.3 is 0 Å². The van der Waals surface area contributed by atoms with Gasteiger partial charge in [0.25, 0.3) is 0 Å². The number of fused-ring (bicyclic) bond motifs is 1. The van der Waals surface area contributed by atoms with E-state index in [4.69, 9.17) is 0 Å². The van der Waals surface area contributed by atoms with Gasteiger partial charge in [-0.2, -0.15) is 0 Å². The third-order valence-corrected chi connectivity index (χ3v) is 7.48. The second kappa shape index (κ2) is 5.34. The number of hydrogen-bond acceptors (Lipinski definition) is 4. The SMILES string of the molecule is CC1CN2CCCCC2CN1CC1CCCS1(=O)=O. The molecule has 3 fully saturated rings. The topological polar surface area (TPSA) is 40.6 Å². The van der Waals surface area contributed by atoms with E-state index in [2.05, 4.69) is 16.7 Å². The first-order valence-corrected chi connectivity index (χ1v) is 9.47. The minimum Gasteiger partial charge on any atom is -0.298 e. The monoisotopic (exact) mass is 286 g/mol. The lowest BCUT2D eigenvalue weighted by atomic mass is 9.97. The fourth-order valence-electron chi connectivity index (χ4n) is 3.99. The van der Waals surface area contributed by atoms with Crippen molar-refractivity contribution < 1.29 is 8.42 Å². The van der Waals surface area contributed by atoms with Crippen LogP contribution in [0.2, 0.25) is 0 Å². The summed E-state index contributed by atoms with van der Waals surface area (Å²) in [6, 6.07) is 1.18. The van der Waals surface area contributed by atoms with Crippen LogP contribution < -0.4 is 0 Å². The summed E-state index contributed by atoms with van der Waals surface area (Å²) in [6.07, 6.45) is 5.71. The van der Waals surface area contributed by atoms with E-state index in [1.54, 1.807) is 0 Å². The molecule has 0 radical (unpaired) electrons. The van der Waals surface area contributed by atoms with Gasteiger partial charge in [0, 0.05) is 31.7 Å². The van der Waals surface area contributed by atoms with Crippen LogP contribution in [0.15, 0.2) is 0 Å². The van der Waals surface area contributed by atoms with Gasteiger partial charge in [-0.05, 0) is 39.2 Å². The fraction of sp³-hybridized carbons (Fsp3) is 1.00. The van der Waals surface area contributed by atoms with Crippen molar-refractivity contribution in [1.82, 2.24) is 9.80 Å². The van der Waals surface area contributed by atoms with Gasteiger partial charge in [-0.3, -0.25) is 9.80 Å². The minimum absolute atomic E-state index is 0.0925. The Morgan fingerprint density at radius 1 is 1.11 bits per heavy atom. The normalized spacial score (nSPS) is 40.2. The molecule has 0 aromatic rings. The van der Waals surface area contributed by atoms with Gasteiger partial charge in [0.05, 0.1) is 11.0 Å². The first-order valence-electron chi connectivity index (χ1n) is 7.76. The standard InChI is InChI=1S/C14H26N2O2S/c1-12-9-15-7-3-2-5-13(15)10-16(12)11-14-6-4-8-19(14,17)18/h12-14H,2-11H2,1H3.